The van der Waals surface area contributed by atoms with Crippen molar-refractivity contribution >= 4 is 17.6 Å². The van der Waals surface area contributed by atoms with Crippen molar-refractivity contribution in [1.82, 2.24) is 19.7 Å². The topological polar surface area (TPSA) is 103 Å². The van der Waals surface area contributed by atoms with Crippen LogP contribution in [0.2, 0.25) is 0 Å². The number of piperazine rings is 1. The molecule has 0 unspecified atom stereocenters. The summed E-state index contributed by atoms with van der Waals surface area (Å²) in [6.07, 6.45) is 4.55. The molecular formula is C23H36N6O3. The number of methoxy groups -OCH3 is 1. The lowest BCUT2D eigenvalue weighted by atomic mass is 10.2. The maximum absolute atomic E-state index is 12.9. The molecule has 1 aromatic heterocycles. The monoisotopic (exact) mass is 444 g/mol. The fourth-order valence-electron chi connectivity index (χ4n) is 4.74. The molecule has 2 aliphatic rings. The Bertz CT molecular complexity index is 845. The SMILES string of the molecule is COCCNC(=O)CN1CCN(CC(=O)Nc2c(C#N)c(C)c(C)n2C2CCCC2)CC1. The van der Waals surface area contributed by atoms with Gasteiger partial charge in [0.1, 0.15) is 11.9 Å². The number of anilines is 1. The molecule has 2 fully saturated rings. The van der Waals surface area contributed by atoms with Crippen LogP contribution in [0, 0.1) is 25.2 Å². The molecule has 1 aliphatic carbocycles. The largest absolute Gasteiger partial charge is 0.383 e. The molecule has 2 heterocycles. The standard InChI is InChI=1S/C23H36N6O3/c1-17-18(2)29(19-6-4-5-7-19)23(20(17)14-24)26-22(31)16-28-11-9-27(10-12-28)15-21(30)25-8-13-32-3/h19H,4-13,15-16H2,1-3H3,(H,25,30)(H,26,31). The van der Waals surface area contributed by atoms with E-state index in [1.165, 1.54) is 12.8 Å². The molecule has 1 aliphatic heterocycles. The second kappa shape index (κ2) is 11.5. The first-order valence-electron chi connectivity index (χ1n) is 11.6. The third kappa shape index (κ3) is 5.88. The van der Waals surface area contributed by atoms with Gasteiger partial charge in [-0.05, 0) is 32.3 Å². The van der Waals surface area contributed by atoms with Crippen molar-refractivity contribution in [3.05, 3.63) is 16.8 Å². The average Bonchev–Trinajstić information content (AvgIpc) is 3.37. The Hall–Kier alpha value is -2.41. The number of nitrogens with one attached hydrogen (secondary N) is 2. The highest BCUT2D eigenvalue weighted by Gasteiger charge is 2.27. The fourth-order valence-corrected chi connectivity index (χ4v) is 4.74. The minimum Gasteiger partial charge on any atom is -0.383 e. The Morgan fingerprint density at radius 3 is 2.22 bits per heavy atom. The van der Waals surface area contributed by atoms with Crippen molar-refractivity contribution in [2.45, 2.75) is 45.6 Å². The predicted molar refractivity (Wildman–Crippen MR) is 123 cm³/mol. The average molecular weight is 445 g/mol. The summed E-state index contributed by atoms with van der Waals surface area (Å²) in [5.74, 6) is 0.561. The second-order valence-corrected chi connectivity index (χ2v) is 8.80. The lowest BCUT2D eigenvalue weighted by molar-refractivity contribution is -0.123. The van der Waals surface area contributed by atoms with Crippen LogP contribution < -0.4 is 10.6 Å². The van der Waals surface area contributed by atoms with Crippen molar-refractivity contribution in [3.8, 4) is 6.07 Å². The first kappa shape index (κ1) is 24.2. The van der Waals surface area contributed by atoms with Crippen LogP contribution in [0.25, 0.3) is 0 Å². The zero-order chi connectivity index (χ0) is 23.1. The zero-order valence-corrected chi connectivity index (χ0v) is 19.6. The van der Waals surface area contributed by atoms with E-state index in [1.54, 1.807) is 7.11 Å². The molecule has 2 N–H and O–H groups in total. The van der Waals surface area contributed by atoms with Gasteiger partial charge in [0.15, 0.2) is 0 Å². The highest BCUT2D eigenvalue weighted by atomic mass is 16.5. The van der Waals surface area contributed by atoms with Gasteiger partial charge in [0, 0.05) is 51.6 Å². The first-order valence-corrected chi connectivity index (χ1v) is 11.6. The number of carbonyl (C=O) groups is 2. The number of aromatic nitrogens is 1. The molecule has 176 valence electrons. The summed E-state index contributed by atoms with van der Waals surface area (Å²) in [4.78, 5) is 29.0. The molecule has 9 heteroatoms. The molecule has 0 spiro atoms. The molecule has 1 saturated carbocycles. The Morgan fingerprint density at radius 1 is 1.06 bits per heavy atom. The summed E-state index contributed by atoms with van der Waals surface area (Å²) in [5.41, 5.74) is 2.60. The van der Waals surface area contributed by atoms with Gasteiger partial charge in [-0.2, -0.15) is 5.26 Å². The number of nitriles is 1. The third-order valence-corrected chi connectivity index (χ3v) is 6.64. The summed E-state index contributed by atoms with van der Waals surface area (Å²) in [6, 6.07) is 2.65. The fraction of sp³-hybridized carbons (Fsp3) is 0.696. The van der Waals surface area contributed by atoms with Gasteiger partial charge >= 0.3 is 0 Å². The van der Waals surface area contributed by atoms with Crippen molar-refractivity contribution < 1.29 is 14.3 Å². The van der Waals surface area contributed by atoms with E-state index >= 15 is 0 Å². The van der Waals surface area contributed by atoms with Crippen LogP contribution in [-0.2, 0) is 14.3 Å². The van der Waals surface area contributed by atoms with Crippen LogP contribution in [0.1, 0.15) is 48.5 Å². The molecule has 0 atom stereocenters. The van der Waals surface area contributed by atoms with Gasteiger partial charge in [0.2, 0.25) is 11.8 Å². The quantitative estimate of drug-likeness (QED) is 0.559. The van der Waals surface area contributed by atoms with Gasteiger partial charge in [-0.3, -0.25) is 19.4 Å². The number of amides is 2. The van der Waals surface area contributed by atoms with Crippen molar-refractivity contribution in [2.75, 3.05) is 64.8 Å². The number of ether oxygens (including phenoxy) is 1. The predicted octanol–water partition coefficient (Wildman–Crippen LogP) is 1.41. The normalized spacial score (nSPS) is 17.9. The van der Waals surface area contributed by atoms with Crippen LogP contribution in [0.5, 0.6) is 0 Å². The van der Waals surface area contributed by atoms with Crippen LogP contribution in [0.3, 0.4) is 0 Å². The number of nitrogens with zero attached hydrogens (tertiary/aromatic N) is 4. The second-order valence-electron chi connectivity index (χ2n) is 8.80. The van der Waals surface area contributed by atoms with E-state index in [0.717, 1.165) is 50.3 Å². The number of carbonyl (C=O) groups excluding carboxylic acids is 2. The summed E-state index contributed by atoms with van der Waals surface area (Å²) in [5, 5.41) is 15.6. The van der Waals surface area contributed by atoms with Gasteiger partial charge in [-0.15, -0.1) is 0 Å². The van der Waals surface area contributed by atoms with Crippen molar-refractivity contribution in [3.63, 3.8) is 0 Å². The van der Waals surface area contributed by atoms with Crippen molar-refractivity contribution in [1.29, 1.82) is 5.26 Å². The van der Waals surface area contributed by atoms with Gasteiger partial charge < -0.3 is 19.9 Å². The Balaban J connectivity index is 1.53. The molecule has 32 heavy (non-hydrogen) atoms. The Kier molecular flexibility index (Phi) is 8.67. The van der Waals surface area contributed by atoms with E-state index in [-0.39, 0.29) is 18.4 Å². The molecule has 0 radical (unpaired) electrons. The van der Waals surface area contributed by atoms with E-state index in [0.29, 0.717) is 37.1 Å². The van der Waals surface area contributed by atoms with Crippen LogP contribution in [-0.4, -0.2) is 85.7 Å². The maximum atomic E-state index is 12.9. The molecule has 3 rings (SSSR count). The van der Waals surface area contributed by atoms with Gasteiger partial charge in [0.05, 0.1) is 25.3 Å². The molecule has 0 bridgehead atoms. The van der Waals surface area contributed by atoms with Crippen LogP contribution in [0.4, 0.5) is 5.82 Å². The van der Waals surface area contributed by atoms with Gasteiger partial charge in [-0.25, -0.2) is 0 Å². The Morgan fingerprint density at radius 2 is 1.66 bits per heavy atom. The number of hydrogen-bond donors (Lipinski definition) is 2. The molecule has 0 aromatic carbocycles. The Labute approximate surface area is 190 Å². The molecular weight excluding hydrogens is 408 g/mol. The highest BCUT2D eigenvalue weighted by molar-refractivity contribution is 5.93. The van der Waals surface area contributed by atoms with E-state index in [2.05, 4.69) is 31.1 Å². The minimum atomic E-state index is -0.0935. The maximum Gasteiger partial charge on any atom is 0.239 e. The zero-order valence-electron chi connectivity index (χ0n) is 19.6. The third-order valence-electron chi connectivity index (χ3n) is 6.64. The highest BCUT2D eigenvalue weighted by Crippen LogP contribution is 2.37. The summed E-state index contributed by atoms with van der Waals surface area (Å²) in [7, 11) is 1.61. The van der Waals surface area contributed by atoms with E-state index in [4.69, 9.17) is 4.74 Å². The molecule has 2 amide bonds. The number of hydrogen-bond acceptors (Lipinski definition) is 6. The summed E-state index contributed by atoms with van der Waals surface area (Å²) in [6.45, 7) is 8.60. The lowest BCUT2D eigenvalue weighted by Gasteiger charge is -2.33. The van der Waals surface area contributed by atoms with Crippen molar-refractivity contribution in [2.24, 2.45) is 0 Å². The smallest absolute Gasteiger partial charge is 0.239 e. The minimum absolute atomic E-state index is 0.00399. The van der Waals surface area contributed by atoms with E-state index < -0.39 is 0 Å². The first-order chi connectivity index (χ1) is 15.4. The van der Waals surface area contributed by atoms with Gasteiger partial charge in [0.25, 0.3) is 0 Å². The molecule has 9 nitrogen and oxygen atoms in total. The van der Waals surface area contributed by atoms with Gasteiger partial charge in [-0.1, -0.05) is 12.8 Å². The van der Waals surface area contributed by atoms with E-state index in [1.807, 2.05) is 13.8 Å². The summed E-state index contributed by atoms with van der Waals surface area (Å²) >= 11 is 0. The van der Waals surface area contributed by atoms with Crippen LogP contribution >= 0.6 is 0 Å². The summed E-state index contributed by atoms with van der Waals surface area (Å²) < 4.78 is 7.12. The molecule has 1 aromatic rings. The number of rotatable bonds is 9. The van der Waals surface area contributed by atoms with Crippen LogP contribution in [0.15, 0.2) is 0 Å². The molecule has 1 saturated heterocycles. The van der Waals surface area contributed by atoms with E-state index in [9.17, 15) is 14.9 Å². The lowest BCUT2D eigenvalue weighted by Crippen LogP contribution is -2.51.